The highest BCUT2D eigenvalue weighted by atomic mass is 19.1. The van der Waals surface area contributed by atoms with E-state index in [9.17, 15) is 44.6 Å². The minimum atomic E-state index is -1.88. The smallest absolute Gasteiger partial charge is 0.311 e. The summed E-state index contributed by atoms with van der Waals surface area (Å²) < 4.78 is 52.6. The van der Waals surface area contributed by atoms with Gasteiger partial charge < -0.3 is 74.2 Å². The highest BCUT2D eigenvalue weighted by Gasteiger charge is 2.53. The summed E-state index contributed by atoms with van der Waals surface area (Å²) in [6.07, 6.45) is -10.1. The fourth-order valence-corrected chi connectivity index (χ4v) is 11.5. The number of nitrogens with one attached hydrogen (secondary N) is 1. The van der Waals surface area contributed by atoms with Crippen molar-refractivity contribution in [2.24, 2.45) is 22.9 Å². The molecule has 2 aromatic rings. The highest BCUT2D eigenvalue weighted by molar-refractivity contribution is 5.76. The molecule has 21 nitrogen and oxygen atoms in total. The number of amides is 1. The Balaban J connectivity index is 1.37. The summed E-state index contributed by atoms with van der Waals surface area (Å²) in [5.41, 5.74) is 6.43. The van der Waals surface area contributed by atoms with Crippen molar-refractivity contribution in [2.45, 2.75) is 210 Å². The van der Waals surface area contributed by atoms with E-state index in [1.54, 1.807) is 104 Å². The van der Waals surface area contributed by atoms with Crippen LogP contribution in [0.1, 0.15) is 119 Å². The van der Waals surface area contributed by atoms with E-state index < -0.39 is 133 Å². The number of aromatic nitrogens is 1. The van der Waals surface area contributed by atoms with Crippen molar-refractivity contribution in [1.29, 1.82) is 0 Å². The van der Waals surface area contributed by atoms with Crippen LogP contribution < -0.4 is 5.32 Å². The SMILES string of the molecule is CC[C@H]1OC(=O)[C@H](C)[C@@H](O[C@H]2CC(C)(OC)[C@@H](O)[C@H](C)O2)[C@H](C)[C@@H](O[C@@H]2O[C@H](C)C[C@H](N(C)CCC(=O)N[C@H](CF)[C@H](O)c3ccc(-c4ccc(CN=[N+]=[N-])nc4)cc3)[C@H]2O)C(C)(O)C[C@@H](C)CN(C)[C@H](C)[C@@H](O)C1(C)O. The second kappa shape index (κ2) is 27.5. The molecule has 1 aromatic carbocycles. The number of carbonyl (C=O) groups excluding carboxylic acids is 2. The van der Waals surface area contributed by atoms with E-state index in [2.05, 4.69) is 20.3 Å². The van der Waals surface area contributed by atoms with Gasteiger partial charge in [0.1, 0.15) is 42.8 Å². The Bertz CT molecular complexity index is 2250. The molecule has 77 heavy (non-hydrogen) atoms. The number of hydrogen-bond donors (Lipinski definition) is 7. The van der Waals surface area contributed by atoms with E-state index in [0.29, 0.717) is 24.2 Å². The van der Waals surface area contributed by atoms with Crippen LogP contribution in [-0.4, -0.2) is 195 Å². The number of nitrogens with zero attached hydrogens (tertiary/aromatic N) is 6. The first kappa shape index (κ1) is 63.9. The zero-order chi connectivity index (χ0) is 57.3. The fourth-order valence-electron chi connectivity index (χ4n) is 11.5. The summed E-state index contributed by atoms with van der Waals surface area (Å²) in [6.45, 7) is 16.6. The number of pyridine rings is 1. The van der Waals surface area contributed by atoms with Gasteiger partial charge in [-0.15, -0.1) is 0 Å². The number of cyclic esters (lactones) is 1. The largest absolute Gasteiger partial charge is 0.459 e. The number of ether oxygens (including phenoxy) is 6. The van der Waals surface area contributed by atoms with Crippen molar-refractivity contribution in [3.63, 3.8) is 0 Å². The normalized spacial score (nSPS) is 37.9. The number of aliphatic hydroxyl groups is 6. The first-order valence-corrected chi connectivity index (χ1v) is 27.0. The summed E-state index contributed by atoms with van der Waals surface area (Å²) in [4.78, 5) is 38.6. The van der Waals surface area contributed by atoms with Crippen LogP contribution in [0.25, 0.3) is 21.6 Å². The van der Waals surface area contributed by atoms with Crippen molar-refractivity contribution >= 4 is 11.9 Å². The van der Waals surface area contributed by atoms with E-state index >= 15 is 0 Å². The number of halogens is 1. The highest BCUT2D eigenvalue weighted by Crippen LogP contribution is 2.40. The van der Waals surface area contributed by atoms with Crippen LogP contribution in [0, 0.1) is 17.8 Å². The van der Waals surface area contributed by atoms with E-state index in [1.165, 1.54) is 14.0 Å². The van der Waals surface area contributed by atoms with Gasteiger partial charge in [0.2, 0.25) is 5.91 Å². The average Bonchev–Trinajstić information content (AvgIpc) is 3.40. The lowest BCUT2D eigenvalue weighted by Gasteiger charge is -2.49. The molecule has 20 atom stereocenters. The molecule has 1 amide bonds. The zero-order valence-electron chi connectivity index (χ0n) is 47.2. The van der Waals surface area contributed by atoms with Gasteiger partial charge in [0.25, 0.3) is 0 Å². The molecule has 3 saturated heterocycles. The molecule has 0 radical (unpaired) electrons. The van der Waals surface area contributed by atoms with Gasteiger partial charge in [-0.3, -0.25) is 14.6 Å². The van der Waals surface area contributed by atoms with Crippen LogP contribution in [0.5, 0.6) is 0 Å². The third kappa shape index (κ3) is 15.7. The van der Waals surface area contributed by atoms with Crippen LogP contribution in [0.15, 0.2) is 47.7 Å². The van der Waals surface area contributed by atoms with E-state index in [1.807, 2.05) is 24.8 Å². The first-order chi connectivity index (χ1) is 36.1. The quantitative estimate of drug-likeness (QED) is 0.0488. The molecule has 434 valence electrons. The lowest BCUT2D eigenvalue weighted by molar-refractivity contribution is -0.318. The number of rotatable bonds is 17. The Morgan fingerprint density at radius 3 is 2.27 bits per heavy atom. The second-order valence-corrected chi connectivity index (χ2v) is 22.8. The maximum Gasteiger partial charge on any atom is 0.311 e. The topological polar surface area (TPSA) is 291 Å². The summed E-state index contributed by atoms with van der Waals surface area (Å²) in [7, 11) is 5.01. The van der Waals surface area contributed by atoms with Crippen LogP contribution in [0.2, 0.25) is 0 Å². The Labute approximate surface area is 453 Å². The number of aliphatic hydroxyl groups excluding tert-OH is 4. The van der Waals surface area contributed by atoms with E-state index in [4.69, 9.17) is 34.0 Å². The number of azide groups is 1. The summed E-state index contributed by atoms with van der Waals surface area (Å²) >= 11 is 0. The third-order valence-corrected chi connectivity index (χ3v) is 16.4. The summed E-state index contributed by atoms with van der Waals surface area (Å²) in [5, 5.41) is 77.0. The minimum Gasteiger partial charge on any atom is -0.459 e. The van der Waals surface area contributed by atoms with E-state index in [-0.39, 0.29) is 44.7 Å². The predicted octanol–water partition coefficient (Wildman–Crippen LogP) is 4.72. The summed E-state index contributed by atoms with van der Waals surface area (Å²) in [5.74, 6) is -3.58. The third-order valence-electron chi connectivity index (χ3n) is 16.4. The van der Waals surface area contributed by atoms with Crippen LogP contribution >= 0.6 is 0 Å². The van der Waals surface area contributed by atoms with Crippen LogP contribution in [-0.2, 0) is 44.6 Å². The lowest BCUT2D eigenvalue weighted by Crippen LogP contribution is -2.61. The maximum absolute atomic E-state index is 14.5. The zero-order valence-corrected chi connectivity index (χ0v) is 47.2. The molecule has 3 unspecified atom stereocenters. The Hall–Kier alpha value is -3.97. The molecule has 3 aliphatic rings. The molecule has 22 heteroatoms. The van der Waals surface area contributed by atoms with E-state index in [0.717, 1.165) is 11.1 Å². The molecule has 0 aliphatic carbocycles. The van der Waals surface area contributed by atoms with Gasteiger partial charge >= 0.3 is 5.97 Å². The number of benzene rings is 1. The molecule has 4 heterocycles. The average molecular weight is 1090 g/mol. The van der Waals surface area contributed by atoms with Crippen LogP contribution in [0.4, 0.5) is 4.39 Å². The second-order valence-electron chi connectivity index (χ2n) is 22.8. The lowest BCUT2D eigenvalue weighted by atomic mass is 9.77. The van der Waals surface area contributed by atoms with Crippen molar-refractivity contribution in [1.82, 2.24) is 20.1 Å². The van der Waals surface area contributed by atoms with Gasteiger partial charge in [-0.05, 0) is 110 Å². The van der Waals surface area contributed by atoms with Gasteiger partial charge in [-0.1, -0.05) is 56.2 Å². The first-order valence-electron chi connectivity index (χ1n) is 27.0. The molecule has 3 aliphatic heterocycles. The maximum atomic E-state index is 14.5. The molecular formula is C55H88FN7O14. The molecule has 0 saturated carbocycles. The molecule has 0 spiro atoms. The van der Waals surface area contributed by atoms with Crippen LogP contribution in [0.3, 0.4) is 0 Å². The number of methoxy groups -OCH3 is 1. The van der Waals surface area contributed by atoms with Crippen molar-refractivity contribution in [2.75, 3.05) is 41.0 Å². The van der Waals surface area contributed by atoms with Crippen molar-refractivity contribution in [3.8, 4) is 11.1 Å². The Morgan fingerprint density at radius 2 is 1.68 bits per heavy atom. The standard InChI is InChI=1S/C55H88FN7O14/c1-14-42-55(10,71)48(67)34(6)63(12)29-30(2)24-53(8,70)50(32(4)47(33(5)51(69)75-42)76-44-25-54(9,72-13)49(68)35(7)74-44)77-52-46(66)41(23-31(3)73-52)62(11)22-21-43(64)60-40(26-56)45(65)37-17-15-36(16-18-37)38-19-20-39(58-27-38)28-59-61-57/h15-20,27,30-35,40-42,44-50,52,65-68,70-71H,14,21-26,28-29H2,1-13H3,(H,60,64)/t30-,31-,32+,33-,34-,35+,40-,41+,42-,44+,45-,46-,47+,48-,49+,50-,52+,53?,54?,55?/m1/s1. The number of esters is 1. The minimum absolute atomic E-state index is 0.0526. The monoisotopic (exact) mass is 1090 g/mol. The fraction of sp³-hybridized carbons (Fsp3) is 0.764. The Kier molecular flexibility index (Phi) is 22.8. The molecule has 5 rings (SSSR count). The number of hydrogen-bond acceptors (Lipinski definition) is 18. The molecule has 0 bridgehead atoms. The summed E-state index contributed by atoms with van der Waals surface area (Å²) in [6, 6.07) is 7.83. The van der Waals surface area contributed by atoms with Gasteiger partial charge in [-0.25, -0.2) is 4.39 Å². The number of likely N-dealkylation sites (N-methyl/N-ethyl adjacent to an activating group) is 2. The Morgan fingerprint density at radius 1 is 1.01 bits per heavy atom. The molecular weight excluding hydrogens is 1000 g/mol. The van der Waals surface area contributed by atoms with Crippen molar-refractivity contribution in [3.05, 3.63) is 64.3 Å². The van der Waals surface area contributed by atoms with Gasteiger partial charge in [0.15, 0.2) is 12.6 Å². The van der Waals surface area contributed by atoms with Gasteiger partial charge in [0.05, 0.1) is 54.1 Å². The molecule has 3 fully saturated rings. The number of alkyl halides is 1. The number of carbonyl (C=O) groups is 2. The van der Waals surface area contributed by atoms with Gasteiger partial charge in [0, 0.05) is 73.4 Å². The molecule has 1 aromatic heterocycles. The molecule has 7 N–H and O–H groups in total. The predicted molar refractivity (Wildman–Crippen MR) is 283 cm³/mol. The van der Waals surface area contributed by atoms with Gasteiger partial charge in [-0.2, -0.15) is 0 Å². The van der Waals surface area contributed by atoms with Crippen molar-refractivity contribution < 1.29 is 73.0 Å².